The third kappa shape index (κ3) is 2.84. The van der Waals surface area contributed by atoms with Crippen LogP contribution < -0.4 is 5.32 Å². The lowest BCUT2D eigenvalue weighted by atomic mass is 9.88. The lowest BCUT2D eigenvalue weighted by molar-refractivity contribution is -0.157. The summed E-state index contributed by atoms with van der Waals surface area (Å²) in [5.74, 6) is 0.0786. The summed E-state index contributed by atoms with van der Waals surface area (Å²) in [6.45, 7) is 10.3. The van der Waals surface area contributed by atoms with Crippen molar-refractivity contribution in [3.8, 4) is 0 Å². The Morgan fingerprint density at radius 2 is 2.10 bits per heavy atom. The summed E-state index contributed by atoms with van der Waals surface area (Å²) in [5, 5.41) is 4.95. The number of hydrogen-bond donors (Lipinski definition) is 1. The fourth-order valence-electron chi connectivity index (χ4n) is 2.78. The van der Waals surface area contributed by atoms with E-state index in [2.05, 4.69) is 11.4 Å². The van der Waals surface area contributed by atoms with E-state index in [9.17, 15) is 9.59 Å². The fourth-order valence-corrected chi connectivity index (χ4v) is 3.68. The van der Waals surface area contributed by atoms with Crippen LogP contribution in [-0.2, 0) is 16.1 Å². The molecule has 2 rings (SSSR count). The highest BCUT2D eigenvalue weighted by molar-refractivity contribution is 7.10. The van der Waals surface area contributed by atoms with Gasteiger partial charge in [0.2, 0.25) is 11.8 Å². The van der Waals surface area contributed by atoms with Crippen molar-refractivity contribution >= 4 is 23.2 Å². The molecule has 0 radical (unpaired) electrons. The molecule has 1 N–H and O–H groups in total. The van der Waals surface area contributed by atoms with Crippen LogP contribution >= 0.6 is 11.3 Å². The van der Waals surface area contributed by atoms with Gasteiger partial charge in [0, 0.05) is 4.88 Å². The summed E-state index contributed by atoms with van der Waals surface area (Å²) in [6, 6.07) is 1.66. The lowest BCUT2D eigenvalue weighted by Gasteiger charge is -2.45. The molecule has 0 spiro atoms. The smallest absolute Gasteiger partial charge is 0.249 e. The van der Waals surface area contributed by atoms with Crippen LogP contribution in [0.2, 0.25) is 0 Å². The van der Waals surface area contributed by atoms with Gasteiger partial charge in [-0.1, -0.05) is 20.8 Å². The maximum Gasteiger partial charge on any atom is 0.249 e. The molecule has 0 aliphatic carbocycles. The van der Waals surface area contributed by atoms with Gasteiger partial charge in [0.1, 0.15) is 11.6 Å². The van der Waals surface area contributed by atoms with Gasteiger partial charge in [-0.3, -0.25) is 9.59 Å². The van der Waals surface area contributed by atoms with Gasteiger partial charge in [0.05, 0.1) is 6.54 Å². The number of carbonyl (C=O) groups excluding carboxylic acids is 2. The maximum absolute atomic E-state index is 12.9. The highest BCUT2D eigenvalue weighted by atomic mass is 32.1. The molecule has 1 aliphatic rings. The first-order valence-electron chi connectivity index (χ1n) is 7.46. The Morgan fingerprint density at radius 3 is 2.57 bits per heavy atom. The van der Waals surface area contributed by atoms with Gasteiger partial charge < -0.3 is 10.2 Å². The zero-order valence-electron chi connectivity index (χ0n) is 13.4. The lowest BCUT2D eigenvalue weighted by Crippen LogP contribution is -2.69. The van der Waals surface area contributed by atoms with Gasteiger partial charge in [-0.15, -0.1) is 11.3 Å². The summed E-state index contributed by atoms with van der Waals surface area (Å²) >= 11 is 1.64. The van der Waals surface area contributed by atoms with Crippen molar-refractivity contribution in [2.45, 2.75) is 59.2 Å². The molecule has 1 aromatic heterocycles. The predicted molar refractivity (Wildman–Crippen MR) is 85.1 cm³/mol. The number of carbonyl (C=O) groups is 2. The van der Waals surface area contributed by atoms with Crippen LogP contribution in [0, 0.1) is 12.8 Å². The van der Waals surface area contributed by atoms with Crippen molar-refractivity contribution in [2.75, 3.05) is 0 Å². The van der Waals surface area contributed by atoms with E-state index in [0.29, 0.717) is 13.0 Å². The maximum atomic E-state index is 12.9. The third-order valence-electron chi connectivity index (χ3n) is 4.36. The van der Waals surface area contributed by atoms with E-state index in [-0.39, 0.29) is 17.7 Å². The third-order valence-corrected chi connectivity index (χ3v) is 5.36. The molecule has 2 heterocycles. The number of amides is 2. The van der Waals surface area contributed by atoms with E-state index < -0.39 is 11.6 Å². The van der Waals surface area contributed by atoms with Crippen LogP contribution in [0.25, 0.3) is 0 Å². The Labute approximate surface area is 130 Å². The topological polar surface area (TPSA) is 49.4 Å². The van der Waals surface area contributed by atoms with E-state index in [1.165, 1.54) is 5.56 Å². The Balaban J connectivity index is 2.37. The summed E-state index contributed by atoms with van der Waals surface area (Å²) in [5.41, 5.74) is 0.396. The average Bonchev–Trinajstić information content (AvgIpc) is 2.80. The van der Waals surface area contributed by atoms with Gasteiger partial charge in [-0.25, -0.2) is 0 Å². The molecule has 4 nitrogen and oxygen atoms in total. The molecule has 21 heavy (non-hydrogen) atoms. The zero-order valence-corrected chi connectivity index (χ0v) is 14.2. The number of rotatable bonds is 4. The van der Waals surface area contributed by atoms with Crippen molar-refractivity contribution in [1.29, 1.82) is 0 Å². The summed E-state index contributed by atoms with van der Waals surface area (Å²) in [7, 11) is 0. The Kier molecular flexibility index (Phi) is 4.42. The Bertz CT molecular complexity index is 552. The summed E-state index contributed by atoms with van der Waals surface area (Å²) in [6.07, 6.45) is 0.600. The highest BCUT2D eigenvalue weighted by Gasteiger charge is 2.47. The van der Waals surface area contributed by atoms with Gasteiger partial charge in [0.15, 0.2) is 0 Å². The number of piperazine rings is 1. The minimum absolute atomic E-state index is 0.0242. The largest absolute Gasteiger partial charge is 0.340 e. The van der Waals surface area contributed by atoms with Crippen molar-refractivity contribution < 1.29 is 9.59 Å². The van der Waals surface area contributed by atoms with Crippen molar-refractivity contribution in [3.05, 3.63) is 21.9 Å². The van der Waals surface area contributed by atoms with Gasteiger partial charge in [-0.2, -0.15) is 0 Å². The molecule has 0 saturated carbocycles. The van der Waals surface area contributed by atoms with Gasteiger partial charge >= 0.3 is 0 Å². The average molecular weight is 308 g/mol. The van der Waals surface area contributed by atoms with Crippen LogP contribution in [0.1, 0.15) is 44.6 Å². The van der Waals surface area contributed by atoms with E-state index in [4.69, 9.17) is 0 Å². The van der Waals surface area contributed by atoms with Gasteiger partial charge in [0.25, 0.3) is 0 Å². The zero-order chi connectivity index (χ0) is 15.8. The first-order chi connectivity index (χ1) is 9.80. The molecule has 1 saturated heterocycles. The Morgan fingerprint density at radius 1 is 1.43 bits per heavy atom. The van der Waals surface area contributed by atoms with Gasteiger partial charge in [-0.05, 0) is 43.2 Å². The predicted octanol–water partition coefficient (Wildman–Crippen LogP) is 2.71. The second-order valence-electron chi connectivity index (χ2n) is 6.32. The molecular formula is C16H24N2O2S. The fraction of sp³-hybridized carbons (Fsp3) is 0.625. The minimum atomic E-state index is -0.784. The van der Waals surface area contributed by atoms with E-state index in [1.807, 2.05) is 40.0 Å². The Hall–Kier alpha value is -1.36. The molecule has 2 amide bonds. The quantitative estimate of drug-likeness (QED) is 0.930. The minimum Gasteiger partial charge on any atom is -0.340 e. The normalized spacial score (nSPS) is 26.4. The summed E-state index contributed by atoms with van der Waals surface area (Å²) < 4.78 is 0. The van der Waals surface area contributed by atoms with Crippen molar-refractivity contribution in [3.63, 3.8) is 0 Å². The van der Waals surface area contributed by atoms with Crippen LogP contribution in [0.3, 0.4) is 0 Å². The molecular weight excluding hydrogens is 284 g/mol. The molecule has 0 aromatic carbocycles. The monoisotopic (exact) mass is 308 g/mol. The van der Waals surface area contributed by atoms with E-state index in [1.54, 1.807) is 16.2 Å². The number of aryl methyl sites for hydroxylation is 1. The first-order valence-corrected chi connectivity index (χ1v) is 8.34. The van der Waals surface area contributed by atoms with Crippen LogP contribution in [0.5, 0.6) is 0 Å². The second-order valence-corrected chi connectivity index (χ2v) is 7.32. The number of nitrogens with one attached hydrogen (secondary N) is 1. The summed E-state index contributed by atoms with van der Waals surface area (Å²) in [4.78, 5) is 28.3. The van der Waals surface area contributed by atoms with E-state index in [0.717, 1.165) is 4.88 Å². The van der Waals surface area contributed by atoms with Crippen LogP contribution in [0.4, 0.5) is 0 Å². The number of nitrogens with zero attached hydrogens (tertiary/aromatic N) is 1. The molecule has 1 aliphatic heterocycles. The molecule has 5 heteroatoms. The first kappa shape index (κ1) is 16.0. The molecule has 2 atom stereocenters. The molecule has 2 unspecified atom stereocenters. The second kappa shape index (κ2) is 5.79. The number of thiophene rings is 1. The van der Waals surface area contributed by atoms with E-state index >= 15 is 0 Å². The molecule has 116 valence electrons. The van der Waals surface area contributed by atoms with Crippen LogP contribution in [-0.4, -0.2) is 28.3 Å². The van der Waals surface area contributed by atoms with Crippen LogP contribution in [0.15, 0.2) is 11.4 Å². The van der Waals surface area contributed by atoms with Crippen molar-refractivity contribution in [1.82, 2.24) is 10.2 Å². The SMILES string of the molecule is CCC1(C)NC(=O)C(C(C)C)N(Cc2sccc2C)C1=O. The standard InChI is InChI=1S/C16H24N2O2S/c1-6-16(5)15(20)18(9-12-11(4)7-8-21-12)13(10(2)3)14(19)17-16/h7-8,10,13H,6,9H2,1-5H3,(H,17,19). The molecule has 1 fully saturated rings. The molecule has 1 aromatic rings. The molecule has 0 bridgehead atoms. The number of hydrogen-bond acceptors (Lipinski definition) is 3. The van der Waals surface area contributed by atoms with Crippen molar-refractivity contribution in [2.24, 2.45) is 5.92 Å². The highest BCUT2D eigenvalue weighted by Crippen LogP contribution is 2.28.